The number of aliphatic hydroxyl groups excluding tert-OH is 1. The third-order valence-electron chi connectivity index (χ3n) is 8.09. The van der Waals surface area contributed by atoms with Crippen LogP contribution in [0.15, 0.2) is 11.6 Å². The number of carbonyl (C=O) groups is 2. The number of aliphatic hydroxyl groups is 1. The van der Waals surface area contributed by atoms with Crippen LogP contribution in [0.2, 0.25) is 0 Å². The van der Waals surface area contributed by atoms with Crippen molar-refractivity contribution in [2.75, 3.05) is 0 Å². The SMILES string of the molecule is CC(=O)OC1C=C2CC(O)CCC2(C)C2CCC3(C)C(=O)CCC3C12. The van der Waals surface area contributed by atoms with Crippen LogP contribution in [0.4, 0.5) is 0 Å². The molecule has 138 valence electrons. The van der Waals surface area contributed by atoms with Crippen LogP contribution >= 0.6 is 0 Å². The number of ether oxygens (including phenoxy) is 1. The molecular weight excluding hydrogens is 316 g/mol. The molecule has 4 rings (SSSR count). The summed E-state index contributed by atoms with van der Waals surface area (Å²) in [6.45, 7) is 5.95. The predicted molar refractivity (Wildman–Crippen MR) is 93.7 cm³/mol. The lowest BCUT2D eigenvalue weighted by Crippen LogP contribution is -2.55. The van der Waals surface area contributed by atoms with Gasteiger partial charge >= 0.3 is 5.97 Å². The van der Waals surface area contributed by atoms with Gasteiger partial charge in [0.1, 0.15) is 11.9 Å². The van der Waals surface area contributed by atoms with Gasteiger partial charge in [-0.15, -0.1) is 0 Å². The quantitative estimate of drug-likeness (QED) is 0.584. The normalized spacial score (nSPS) is 48.9. The summed E-state index contributed by atoms with van der Waals surface area (Å²) in [5, 5.41) is 10.2. The Kier molecular flexibility index (Phi) is 3.91. The average molecular weight is 346 g/mol. The standard InChI is InChI=1S/C21H30O4/c1-12(22)25-17-11-13-10-14(23)6-8-20(13,2)16-7-9-21(3)15(19(16)17)4-5-18(21)24/h11,14-17,19,23H,4-10H2,1-3H3. The molecule has 0 amide bonds. The van der Waals surface area contributed by atoms with Crippen LogP contribution in [0.25, 0.3) is 0 Å². The van der Waals surface area contributed by atoms with Gasteiger partial charge in [-0.3, -0.25) is 9.59 Å². The number of esters is 1. The first-order chi connectivity index (χ1) is 11.8. The summed E-state index contributed by atoms with van der Waals surface area (Å²) in [6, 6.07) is 0. The number of hydrogen-bond acceptors (Lipinski definition) is 4. The fourth-order valence-corrected chi connectivity index (χ4v) is 6.68. The number of Topliss-reactive ketones (excluding diaryl/α,β-unsaturated/α-hetero) is 1. The molecule has 0 saturated heterocycles. The molecule has 3 fully saturated rings. The Morgan fingerprint density at radius 3 is 2.56 bits per heavy atom. The van der Waals surface area contributed by atoms with E-state index in [1.165, 1.54) is 12.5 Å². The maximum absolute atomic E-state index is 12.6. The fourth-order valence-electron chi connectivity index (χ4n) is 6.68. The van der Waals surface area contributed by atoms with E-state index >= 15 is 0 Å². The summed E-state index contributed by atoms with van der Waals surface area (Å²) in [5.41, 5.74) is 1.11. The van der Waals surface area contributed by atoms with E-state index in [-0.39, 0.29) is 34.9 Å². The second-order valence-electron chi connectivity index (χ2n) is 9.29. The Bertz CT molecular complexity index is 638. The lowest BCUT2D eigenvalue weighted by atomic mass is 9.47. The van der Waals surface area contributed by atoms with Crippen LogP contribution in [0.1, 0.15) is 65.7 Å². The predicted octanol–water partition coefficient (Wildman–Crippen LogP) is 3.42. The minimum absolute atomic E-state index is 0.0769. The lowest BCUT2D eigenvalue weighted by Gasteiger charge is -2.58. The summed E-state index contributed by atoms with van der Waals surface area (Å²) in [7, 11) is 0. The maximum atomic E-state index is 12.6. The first-order valence-corrected chi connectivity index (χ1v) is 9.85. The second kappa shape index (κ2) is 5.67. The van der Waals surface area contributed by atoms with Crippen molar-refractivity contribution in [1.29, 1.82) is 0 Å². The van der Waals surface area contributed by atoms with Crippen molar-refractivity contribution in [3.63, 3.8) is 0 Å². The molecular formula is C21H30O4. The zero-order valence-corrected chi connectivity index (χ0v) is 15.6. The highest BCUT2D eigenvalue weighted by molar-refractivity contribution is 5.87. The van der Waals surface area contributed by atoms with E-state index in [9.17, 15) is 14.7 Å². The fraction of sp³-hybridized carbons (Fsp3) is 0.810. The molecule has 0 heterocycles. The number of hydrogen-bond donors (Lipinski definition) is 1. The number of fused-ring (bicyclic) bond motifs is 5. The van der Waals surface area contributed by atoms with Crippen molar-refractivity contribution in [1.82, 2.24) is 0 Å². The Balaban J connectivity index is 1.78. The first kappa shape index (κ1) is 17.3. The van der Waals surface area contributed by atoms with Crippen molar-refractivity contribution >= 4 is 11.8 Å². The topological polar surface area (TPSA) is 63.6 Å². The van der Waals surface area contributed by atoms with E-state index in [1.807, 2.05) is 0 Å². The molecule has 4 heteroatoms. The lowest BCUT2D eigenvalue weighted by molar-refractivity contribution is -0.158. The Morgan fingerprint density at radius 2 is 1.84 bits per heavy atom. The molecule has 4 aliphatic rings. The van der Waals surface area contributed by atoms with Crippen molar-refractivity contribution in [3.05, 3.63) is 11.6 Å². The number of rotatable bonds is 1. The van der Waals surface area contributed by atoms with E-state index in [0.29, 0.717) is 30.5 Å². The highest BCUT2D eigenvalue weighted by Gasteiger charge is 2.61. The van der Waals surface area contributed by atoms with Crippen molar-refractivity contribution in [3.8, 4) is 0 Å². The molecule has 7 unspecified atom stereocenters. The molecule has 1 N–H and O–H groups in total. The van der Waals surface area contributed by atoms with Gasteiger partial charge in [0.2, 0.25) is 0 Å². The molecule has 0 radical (unpaired) electrons. The molecule has 0 bridgehead atoms. The minimum atomic E-state index is -0.282. The first-order valence-electron chi connectivity index (χ1n) is 9.85. The summed E-state index contributed by atoms with van der Waals surface area (Å²) < 4.78 is 5.77. The largest absolute Gasteiger partial charge is 0.458 e. The van der Waals surface area contributed by atoms with Gasteiger partial charge in [0.05, 0.1) is 6.10 Å². The van der Waals surface area contributed by atoms with Crippen LogP contribution in [0.5, 0.6) is 0 Å². The van der Waals surface area contributed by atoms with Gasteiger partial charge < -0.3 is 9.84 Å². The molecule has 25 heavy (non-hydrogen) atoms. The number of ketones is 1. The zero-order chi connectivity index (χ0) is 18.0. The highest BCUT2D eigenvalue weighted by Crippen LogP contribution is 2.64. The Morgan fingerprint density at radius 1 is 1.16 bits per heavy atom. The van der Waals surface area contributed by atoms with Gasteiger partial charge in [-0.25, -0.2) is 0 Å². The Hall–Kier alpha value is -1.16. The molecule has 4 nitrogen and oxygen atoms in total. The highest BCUT2D eigenvalue weighted by atomic mass is 16.5. The van der Waals surface area contributed by atoms with E-state index in [2.05, 4.69) is 19.9 Å². The summed E-state index contributed by atoms with van der Waals surface area (Å²) in [6.07, 6.45) is 7.71. The van der Waals surface area contributed by atoms with Gasteiger partial charge in [-0.05, 0) is 61.9 Å². The smallest absolute Gasteiger partial charge is 0.303 e. The molecule has 0 aromatic heterocycles. The summed E-state index contributed by atoms with van der Waals surface area (Å²) >= 11 is 0. The van der Waals surface area contributed by atoms with Crippen molar-refractivity contribution < 1.29 is 19.4 Å². The Labute approximate surface area is 150 Å². The molecule has 0 aliphatic heterocycles. The van der Waals surface area contributed by atoms with Crippen molar-refractivity contribution in [2.24, 2.45) is 28.6 Å². The van der Waals surface area contributed by atoms with E-state index in [4.69, 9.17) is 4.74 Å². The monoisotopic (exact) mass is 346 g/mol. The van der Waals surface area contributed by atoms with E-state index in [1.54, 1.807) is 0 Å². The average Bonchev–Trinajstić information content (AvgIpc) is 2.84. The van der Waals surface area contributed by atoms with Crippen LogP contribution in [0, 0.1) is 28.6 Å². The number of carbonyl (C=O) groups excluding carboxylic acids is 2. The molecule has 0 spiro atoms. The van der Waals surface area contributed by atoms with Crippen LogP contribution in [-0.4, -0.2) is 29.1 Å². The van der Waals surface area contributed by atoms with E-state index < -0.39 is 0 Å². The molecule has 7 atom stereocenters. The molecule has 0 aromatic rings. The van der Waals surface area contributed by atoms with Crippen LogP contribution < -0.4 is 0 Å². The molecule has 0 aromatic carbocycles. The second-order valence-corrected chi connectivity index (χ2v) is 9.29. The van der Waals surface area contributed by atoms with Crippen LogP contribution in [-0.2, 0) is 14.3 Å². The van der Waals surface area contributed by atoms with Crippen LogP contribution in [0.3, 0.4) is 0 Å². The maximum Gasteiger partial charge on any atom is 0.303 e. The molecule has 3 saturated carbocycles. The van der Waals surface area contributed by atoms with Gasteiger partial charge in [-0.1, -0.05) is 19.4 Å². The van der Waals surface area contributed by atoms with Gasteiger partial charge in [0, 0.05) is 24.7 Å². The van der Waals surface area contributed by atoms with Gasteiger partial charge in [-0.2, -0.15) is 0 Å². The van der Waals surface area contributed by atoms with E-state index in [0.717, 1.165) is 32.1 Å². The third-order valence-corrected chi connectivity index (χ3v) is 8.09. The van der Waals surface area contributed by atoms with Crippen molar-refractivity contribution in [2.45, 2.75) is 77.9 Å². The third kappa shape index (κ3) is 2.43. The summed E-state index contributed by atoms with van der Waals surface area (Å²) in [4.78, 5) is 24.3. The van der Waals surface area contributed by atoms with Gasteiger partial charge in [0.25, 0.3) is 0 Å². The molecule has 4 aliphatic carbocycles. The zero-order valence-electron chi connectivity index (χ0n) is 15.6. The summed E-state index contributed by atoms with van der Waals surface area (Å²) in [5.74, 6) is 1.13. The minimum Gasteiger partial charge on any atom is -0.458 e. The van der Waals surface area contributed by atoms with Gasteiger partial charge in [0.15, 0.2) is 0 Å².